The molecule has 1 aliphatic heterocycles. The number of alkyl halides is 3. The zero-order valence-electron chi connectivity index (χ0n) is 12.1. The quantitative estimate of drug-likeness (QED) is 0.656. The van der Waals surface area contributed by atoms with E-state index in [0.717, 1.165) is 19.4 Å². The molecule has 21 heavy (non-hydrogen) atoms. The summed E-state index contributed by atoms with van der Waals surface area (Å²) in [5.41, 5.74) is 0. The van der Waals surface area contributed by atoms with Crippen LogP contribution in [0.25, 0.3) is 0 Å². The molecule has 0 aromatic carbocycles. The number of nitrogens with zero attached hydrogens (tertiary/aromatic N) is 1. The normalized spacial score (nSPS) is 29.6. The predicted octanol–water partition coefficient (Wildman–Crippen LogP) is 0.982. The molecule has 0 spiro atoms. The summed E-state index contributed by atoms with van der Waals surface area (Å²) in [6.45, 7) is 0.758. The lowest BCUT2D eigenvalue weighted by Crippen LogP contribution is -2.52. The molecule has 3 unspecified atom stereocenters. The molecule has 7 heteroatoms. The van der Waals surface area contributed by atoms with E-state index in [2.05, 4.69) is 5.32 Å². The minimum Gasteiger partial charge on any atom is -0.395 e. The Morgan fingerprint density at radius 3 is 2.52 bits per heavy atom. The molecule has 0 amide bonds. The molecule has 2 fully saturated rings. The van der Waals surface area contributed by atoms with E-state index in [1.165, 1.54) is 0 Å². The van der Waals surface area contributed by atoms with Crippen molar-refractivity contribution in [3.8, 4) is 0 Å². The van der Waals surface area contributed by atoms with Crippen LogP contribution in [0, 0.1) is 11.8 Å². The standard InChI is InChI=1S/C14H25F3N2O2/c15-14(16,17)9-18-12-5-10(6-13(21)11-1-2-11)7-19(8-12)3-4-20/h10-13,18,20-21H,1-9H2. The van der Waals surface area contributed by atoms with Crippen LogP contribution in [0.1, 0.15) is 25.7 Å². The van der Waals surface area contributed by atoms with Crippen LogP contribution in [-0.4, -0.2) is 66.2 Å². The molecule has 2 aliphatic rings. The number of aliphatic hydroxyl groups is 2. The first-order valence-electron chi connectivity index (χ1n) is 7.69. The minimum absolute atomic E-state index is 0.00386. The summed E-state index contributed by atoms with van der Waals surface area (Å²) in [6.07, 6.45) is -1.11. The van der Waals surface area contributed by atoms with Crippen LogP contribution in [0.4, 0.5) is 13.2 Å². The summed E-state index contributed by atoms with van der Waals surface area (Å²) in [4.78, 5) is 1.99. The highest BCUT2D eigenvalue weighted by molar-refractivity contribution is 4.88. The van der Waals surface area contributed by atoms with E-state index in [1.807, 2.05) is 4.90 Å². The lowest BCUT2D eigenvalue weighted by atomic mass is 9.88. The Bertz CT molecular complexity index is 324. The second-order valence-corrected chi connectivity index (χ2v) is 6.42. The van der Waals surface area contributed by atoms with Crippen molar-refractivity contribution in [2.24, 2.45) is 11.8 Å². The van der Waals surface area contributed by atoms with Crippen molar-refractivity contribution in [1.29, 1.82) is 0 Å². The smallest absolute Gasteiger partial charge is 0.395 e. The Labute approximate surface area is 123 Å². The number of piperidine rings is 1. The predicted molar refractivity (Wildman–Crippen MR) is 72.8 cm³/mol. The number of β-amino-alcohol motifs (C(OH)–C–C–N with tert-alkyl or cyclic N) is 1. The maximum atomic E-state index is 12.3. The van der Waals surface area contributed by atoms with E-state index in [-0.39, 0.29) is 24.7 Å². The number of hydrogen-bond donors (Lipinski definition) is 3. The number of nitrogens with one attached hydrogen (secondary N) is 1. The second-order valence-electron chi connectivity index (χ2n) is 6.42. The Balaban J connectivity index is 1.84. The molecule has 3 atom stereocenters. The summed E-state index contributed by atoms with van der Waals surface area (Å²) in [5.74, 6) is 0.575. The second kappa shape index (κ2) is 7.26. The van der Waals surface area contributed by atoms with Gasteiger partial charge in [-0.3, -0.25) is 4.90 Å². The van der Waals surface area contributed by atoms with Gasteiger partial charge in [-0.25, -0.2) is 0 Å². The van der Waals surface area contributed by atoms with E-state index in [4.69, 9.17) is 5.11 Å². The van der Waals surface area contributed by atoms with Gasteiger partial charge in [-0.15, -0.1) is 0 Å². The molecule has 0 aromatic rings. The Hall–Kier alpha value is -0.370. The lowest BCUT2D eigenvalue weighted by Gasteiger charge is -2.38. The van der Waals surface area contributed by atoms with Gasteiger partial charge in [0, 0.05) is 25.7 Å². The van der Waals surface area contributed by atoms with E-state index >= 15 is 0 Å². The van der Waals surface area contributed by atoms with E-state index < -0.39 is 12.7 Å². The molecule has 0 bridgehead atoms. The molecule has 1 saturated heterocycles. The van der Waals surface area contributed by atoms with Crippen LogP contribution in [0.15, 0.2) is 0 Å². The minimum atomic E-state index is -4.21. The summed E-state index contributed by atoms with van der Waals surface area (Å²) in [7, 11) is 0. The van der Waals surface area contributed by atoms with E-state index in [1.54, 1.807) is 0 Å². The molecule has 1 saturated carbocycles. The maximum Gasteiger partial charge on any atom is 0.401 e. The molecule has 4 nitrogen and oxygen atoms in total. The number of rotatable bonds is 7. The number of aliphatic hydroxyl groups excluding tert-OH is 2. The summed E-state index contributed by atoms with van der Waals surface area (Å²) in [6, 6.07) is -0.233. The van der Waals surface area contributed by atoms with E-state index in [0.29, 0.717) is 31.8 Å². The lowest BCUT2D eigenvalue weighted by molar-refractivity contribution is -0.127. The van der Waals surface area contributed by atoms with Gasteiger partial charge in [-0.05, 0) is 37.5 Å². The SMILES string of the molecule is OCCN1CC(CC(O)C2CC2)CC(NCC(F)(F)F)C1. The largest absolute Gasteiger partial charge is 0.401 e. The highest BCUT2D eigenvalue weighted by atomic mass is 19.4. The molecular formula is C14H25F3N2O2. The van der Waals surface area contributed by atoms with Gasteiger partial charge in [0.15, 0.2) is 0 Å². The van der Waals surface area contributed by atoms with Crippen LogP contribution in [0.3, 0.4) is 0 Å². The van der Waals surface area contributed by atoms with Crippen molar-refractivity contribution in [3.05, 3.63) is 0 Å². The first-order chi connectivity index (χ1) is 9.87. The summed E-state index contributed by atoms with van der Waals surface area (Å²) < 4.78 is 37.0. The zero-order chi connectivity index (χ0) is 15.5. The first kappa shape index (κ1) is 17.0. The fraction of sp³-hybridized carbons (Fsp3) is 1.00. The summed E-state index contributed by atoms with van der Waals surface area (Å²) in [5, 5.41) is 21.6. The number of likely N-dealkylation sites (tertiary alicyclic amines) is 1. The molecule has 3 N–H and O–H groups in total. The third kappa shape index (κ3) is 6.10. The monoisotopic (exact) mass is 310 g/mol. The van der Waals surface area contributed by atoms with Gasteiger partial charge in [0.1, 0.15) is 0 Å². The molecule has 0 aromatic heterocycles. The number of halogens is 3. The van der Waals surface area contributed by atoms with Crippen molar-refractivity contribution in [2.45, 2.75) is 44.0 Å². The fourth-order valence-electron chi connectivity index (χ4n) is 3.22. The average Bonchev–Trinajstić information content (AvgIpc) is 3.20. The number of hydrogen-bond acceptors (Lipinski definition) is 4. The molecule has 1 aliphatic carbocycles. The topological polar surface area (TPSA) is 55.7 Å². The van der Waals surface area contributed by atoms with Crippen molar-refractivity contribution in [3.63, 3.8) is 0 Å². The molecule has 0 radical (unpaired) electrons. The van der Waals surface area contributed by atoms with Crippen molar-refractivity contribution in [1.82, 2.24) is 10.2 Å². The highest BCUT2D eigenvalue weighted by Gasteiger charge is 2.35. The van der Waals surface area contributed by atoms with Crippen molar-refractivity contribution >= 4 is 0 Å². The highest BCUT2D eigenvalue weighted by Crippen LogP contribution is 2.36. The van der Waals surface area contributed by atoms with Gasteiger partial charge < -0.3 is 15.5 Å². The third-order valence-electron chi connectivity index (χ3n) is 4.36. The first-order valence-corrected chi connectivity index (χ1v) is 7.69. The van der Waals surface area contributed by atoms with E-state index in [9.17, 15) is 18.3 Å². The summed E-state index contributed by atoms with van der Waals surface area (Å²) >= 11 is 0. The molecular weight excluding hydrogens is 285 g/mol. The Kier molecular flexibility index (Phi) is 5.88. The molecule has 2 rings (SSSR count). The molecule has 1 heterocycles. The molecule has 124 valence electrons. The fourth-order valence-corrected chi connectivity index (χ4v) is 3.22. The Morgan fingerprint density at radius 1 is 1.24 bits per heavy atom. The van der Waals surface area contributed by atoms with Crippen LogP contribution < -0.4 is 5.32 Å². The van der Waals surface area contributed by atoms with Gasteiger partial charge in [-0.1, -0.05) is 0 Å². The van der Waals surface area contributed by atoms with Crippen molar-refractivity contribution < 1.29 is 23.4 Å². The maximum absolute atomic E-state index is 12.3. The zero-order valence-corrected chi connectivity index (χ0v) is 12.1. The Morgan fingerprint density at radius 2 is 1.95 bits per heavy atom. The van der Waals surface area contributed by atoms with Gasteiger partial charge in [-0.2, -0.15) is 13.2 Å². The van der Waals surface area contributed by atoms with Crippen LogP contribution in [0.2, 0.25) is 0 Å². The third-order valence-corrected chi connectivity index (χ3v) is 4.36. The van der Waals surface area contributed by atoms with Crippen LogP contribution >= 0.6 is 0 Å². The van der Waals surface area contributed by atoms with Gasteiger partial charge in [0.2, 0.25) is 0 Å². The van der Waals surface area contributed by atoms with Gasteiger partial charge in [0.25, 0.3) is 0 Å². The van der Waals surface area contributed by atoms with Gasteiger partial charge in [0.05, 0.1) is 19.3 Å². The van der Waals surface area contributed by atoms with Gasteiger partial charge >= 0.3 is 6.18 Å². The average molecular weight is 310 g/mol. The van der Waals surface area contributed by atoms with Crippen molar-refractivity contribution in [2.75, 3.05) is 32.8 Å². The van der Waals surface area contributed by atoms with Crippen LogP contribution in [-0.2, 0) is 0 Å². The van der Waals surface area contributed by atoms with Crippen LogP contribution in [0.5, 0.6) is 0 Å².